The summed E-state index contributed by atoms with van der Waals surface area (Å²) in [7, 11) is 0. The minimum absolute atomic E-state index is 0.193. The number of hydrogen-bond acceptors (Lipinski definition) is 4. The van der Waals surface area contributed by atoms with E-state index in [9.17, 15) is 14.4 Å². The predicted molar refractivity (Wildman–Crippen MR) is 82.0 cm³/mol. The van der Waals surface area contributed by atoms with Gasteiger partial charge in [0.05, 0.1) is 0 Å². The van der Waals surface area contributed by atoms with Gasteiger partial charge in [0.1, 0.15) is 6.04 Å². The van der Waals surface area contributed by atoms with Gasteiger partial charge in [-0.1, -0.05) is 31.5 Å². The molecule has 2 atom stereocenters. The van der Waals surface area contributed by atoms with Crippen molar-refractivity contribution >= 4 is 17.8 Å². The zero-order chi connectivity index (χ0) is 16.9. The summed E-state index contributed by atoms with van der Waals surface area (Å²) in [5, 5.41) is 2.63. The summed E-state index contributed by atoms with van der Waals surface area (Å²) < 4.78 is 4.96. The van der Waals surface area contributed by atoms with Crippen molar-refractivity contribution in [1.82, 2.24) is 5.32 Å². The number of carbonyl (C=O) groups excluding carboxylic acids is 3. The summed E-state index contributed by atoms with van der Waals surface area (Å²) in [4.78, 5) is 35.2. The molecule has 1 rings (SSSR count). The van der Waals surface area contributed by atoms with Crippen LogP contribution in [0.25, 0.3) is 0 Å². The first kappa shape index (κ1) is 17.7. The molecule has 0 aliphatic carbocycles. The fourth-order valence-electron chi connectivity index (χ4n) is 1.73. The second-order valence-electron chi connectivity index (χ2n) is 5.54. The van der Waals surface area contributed by atoms with Crippen LogP contribution in [0.4, 0.5) is 0 Å². The van der Waals surface area contributed by atoms with E-state index in [0.717, 1.165) is 5.56 Å². The fourth-order valence-corrected chi connectivity index (χ4v) is 1.73. The van der Waals surface area contributed by atoms with E-state index in [2.05, 4.69) is 5.32 Å². The molecule has 1 aromatic carbocycles. The lowest BCUT2D eigenvalue weighted by Crippen LogP contribution is -2.47. The Balaban J connectivity index is 2.79. The van der Waals surface area contributed by atoms with Crippen molar-refractivity contribution in [3.8, 4) is 0 Å². The molecule has 0 fully saturated rings. The molecule has 3 N–H and O–H groups in total. The van der Waals surface area contributed by atoms with Crippen molar-refractivity contribution in [2.24, 2.45) is 11.7 Å². The smallest absolute Gasteiger partial charge is 0.329 e. The molecule has 2 unspecified atom stereocenters. The molecule has 6 nitrogen and oxygen atoms in total. The summed E-state index contributed by atoms with van der Waals surface area (Å²) in [6.07, 6.45) is -1.04. The summed E-state index contributed by atoms with van der Waals surface area (Å²) in [6.45, 7) is 6.85. The van der Waals surface area contributed by atoms with E-state index in [-0.39, 0.29) is 11.8 Å². The van der Waals surface area contributed by atoms with Crippen LogP contribution in [0, 0.1) is 12.8 Å². The highest BCUT2D eigenvalue weighted by Crippen LogP contribution is 2.09. The van der Waals surface area contributed by atoms with Crippen molar-refractivity contribution in [1.29, 1.82) is 0 Å². The van der Waals surface area contributed by atoms with E-state index in [1.54, 1.807) is 26.0 Å². The Morgan fingerprint density at radius 3 is 2.09 bits per heavy atom. The van der Waals surface area contributed by atoms with Crippen LogP contribution in [0.1, 0.15) is 36.7 Å². The van der Waals surface area contributed by atoms with Crippen LogP contribution in [0.3, 0.4) is 0 Å². The first-order valence-corrected chi connectivity index (χ1v) is 7.09. The molecule has 0 spiro atoms. The van der Waals surface area contributed by atoms with Gasteiger partial charge in [-0.3, -0.25) is 9.59 Å². The molecule has 0 aliphatic rings. The first-order chi connectivity index (χ1) is 10.2. The van der Waals surface area contributed by atoms with Gasteiger partial charge in [0.25, 0.3) is 11.8 Å². The Kier molecular flexibility index (Phi) is 6.10. The average Bonchev–Trinajstić information content (AvgIpc) is 2.44. The maximum atomic E-state index is 12.2. The fraction of sp³-hybridized carbons (Fsp3) is 0.438. The number of hydrogen-bond donors (Lipinski definition) is 2. The maximum absolute atomic E-state index is 12.2. The molecule has 0 aliphatic heterocycles. The quantitative estimate of drug-likeness (QED) is 0.771. The molecule has 0 radical (unpaired) electrons. The highest BCUT2D eigenvalue weighted by Gasteiger charge is 2.28. The standard InChI is InChI=1S/C16H22N2O4/c1-9(2)13(16(21)22-11(4)14(17)19)18-15(20)12-7-5-10(3)6-8-12/h5-9,11,13H,1-4H3,(H2,17,19)(H,18,20). The van der Waals surface area contributed by atoms with Gasteiger partial charge in [0.15, 0.2) is 6.10 Å². The Morgan fingerprint density at radius 1 is 1.09 bits per heavy atom. The predicted octanol–water partition coefficient (Wildman–Crippen LogP) is 1.17. The van der Waals surface area contributed by atoms with Crippen LogP contribution < -0.4 is 11.1 Å². The summed E-state index contributed by atoms with van der Waals surface area (Å²) in [5.74, 6) is -1.98. The third-order valence-corrected chi connectivity index (χ3v) is 3.21. The van der Waals surface area contributed by atoms with Crippen LogP contribution >= 0.6 is 0 Å². The second-order valence-corrected chi connectivity index (χ2v) is 5.54. The normalized spacial score (nSPS) is 13.3. The lowest BCUT2D eigenvalue weighted by Gasteiger charge is -2.22. The topological polar surface area (TPSA) is 98.5 Å². The lowest BCUT2D eigenvalue weighted by atomic mass is 10.0. The Bertz CT molecular complexity index is 552. The minimum Gasteiger partial charge on any atom is -0.451 e. The van der Waals surface area contributed by atoms with E-state index >= 15 is 0 Å². The zero-order valence-electron chi connectivity index (χ0n) is 13.3. The van der Waals surface area contributed by atoms with Crippen molar-refractivity contribution in [2.45, 2.75) is 39.8 Å². The van der Waals surface area contributed by atoms with Gasteiger partial charge in [0, 0.05) is 5.56 Å². The molecular weight excluding hydrogens is 284 g/mol. The lowest BCUT2D eigenvalue weighted by molar-refractivity contribution is -0.156. The second kappa shape index (κ2) is 7.59. The SMILES string of the molecule is Cc1ccc(C(=O)NC(C(=O)OC(C)C(N)=O)C(C)C)cc1. The van der Waals surface area contributed by atoms with E-state index in [0.29, 0.717) is 5.56 Å². The van der Waals surface area contributed by atoms with Gasteiger partial charge in [0.2, 0.25) is 0 Å². The average molecular weight is 306 g/mol. The van der Waals surface area contributed by atoms with Crippen molar-refractivity contribution < 1.29 is 19.1 Å². The van der Waals surface area contributed by atoms with Crippen LogP contribution in [-0.4, -0.2) is 29.9 Å². The molecular formula is C16H22N2O4. The van der Waals surface area contributed by atoms with E-state index in [1.165, 1.54) is 6.92 Å². The third-order valence-electron chi connectivity index (χ3n) is 3.21. The molecule has 0 saturated heterocycles. The number of esters is 1. The number of carbonyl (C=O) groups is 3. The number of amides is 2. The van der Waals surface area contributed by atoms with Crippen molar-refractivity contribution in [2.75, 3.05) is 0 Å². The van der Waals surface area contributed by atoms with E-state index < -0.39 is 24.0 Å². The number of aryl methyl sites for hydroxylation is 1. The Labute approximate surface area is 130 Å². The molecule has 0 bridgehead atoms. The van der Waals surface area contributed by atoms with Crippen LogP contribution in [0.15, 0.2) is 24.3 Å². The number of primary amides is 1. The maximum Gasteiger partial charge on any atom is 0.329 e. The van der Waals surface area contributed by atoms with Gasteiger partial charge in [-0.2, -0.15) is 0 Å². The Morgan fingerprint density at radius 2 is 1.64 bits per heavy atom. The van der Waals surface area contributed by atoms with Gasteiger partial charge < -0.3 is 15.8 Å². The molecule has 2 amide bonds. The van der Waals surface area contributed by atoms with Gasteiger partial charge in [-0.05, 0) is 31.9 Å². The highest BCUT2D eigenvalue weighted by atomic mass is 16.5. The highest BCUT2D eigenvalue weighted by molar-refractivity contribution is 5.97. The van der Waals surface area contributed by atoms with Crippen LogP contribution in [0.5, 0.6) is 0 Å². The number of nitrogens with two attached hydrogens (primary N) is 1. The van der Waals surface area contributed by atoms with Gasteiger partial charge in [-0.15, -0.1) is 0 Å². The molecule has 0 heterocycles. The summed E-state index contributed by atoms with van der Waals surface area (Å²) in [5.41, 5.74) is 6.55. The minimum atomic E-state index is -1.04. The first-order valence-electron chi connectivity index (χ1n) is 7.09. The molecule has 6 heteroatoms. The monoisotopic (exact) mass is 306 g/mol. The van der Waals surface area contributed by atoms with Crippen LogP contribution in [-0.2, 0) is 14.3 Å². The summed E-state index contributed by atoms with van der Waals surface area (Å²) >= 11 is 0. The molecule has 0 aromatic heterocycles. The van der Waals surface area contributed by atoms with E-state index in [1.807, 2.05) is 19.1 Å². The van der Waals surface area contributed by atoms with E-state index in [4.69, 9.17) is 10.5 Å². The summed E-state index contributed by atoms with van der Waals surface area (Å²) in [6, 6.07) is 6.13. The zero-order valence-corrected chi connectivity index (χ0v) is 13.3. The number of nitrogens with one attached hydrogen (secondary N) is 1. The molecule has 1 aromatic rings. The number of ether oxygens (including phenoxy) is 1. The van der Waals surface area contributed by atoms with Crippen LogP contribution in [0.2, 0.25) is 0 Å². The molecule has 22 heavy (non-hydrogen) atoms. The molecule has 0 saturated carbocycles. The van der Waals surface area contributed by atoms with Gasteiger partial charge >= 0.3 is 5.97 Å². The Hall–Kier alpha value is -2.37. The number of rotatable bonds is 6. The largest absolute Gasteiger partial charge is 0.451 e. The molecule has 120 valence electrons. The van der Waals surface area contributed by atoms with Crippen molar-refractivity contribution in [3.05, 3.63) is 35.4 Å². The number of benzene rings is 1. The third kappa shape index (κ3) is 4.87. The van der Waals surface area contributed by atoms with Gasteiger partial charge in [-0.25, -0.2) is 4.79 Å². The van der Waals surface area contributed by atoms with Crippen molar-refractivity contribution in [3.63, 3.8) is 0 Å².